The van der Waals surface area contributed by atoms with Gasteiger partial charge >= 0.3 is 0 Å². The lowest BCUT2D eigenvalue weighted by molar-refractivity contribution is 0.0163. The van der Waals surface area contributed by atoms with Crippen LogP contribution >= 0.6 is 0 Å². The number of aryl methyl sites for hydroxylation is 1. The lowest BCUT2D eigenvalue weighted by atomic mass is 10.1. The summed E-state index contributed by atoms with van der Waals surface area (Å²) in [7, 11) is 3.37. The highest BCUT2D eigenvalue weighted by Crippen LogP contribution is 2.34. The molecule has 0 bridgehead atoms. The fourth-order valence-electron chi connectivity index (χ4n) is 3.99. The van der Waals surface area contributed by atoms with Crippen LogP contribution in [-0.4, -0.2) is 58.7 Å². The predicted octanol–water partition coefficient (Wildman–Crippen LogP) is 4.66. The Morgan fingerprint density at radius 2 is 1.82 bits per heavy atom. The van der Waals surface area contributed by atoms with E-state index in [2.05, 4.69) is 15.8 Å². The standard InChI is InChI=1S/C27H28FN5O4.C2H6/c1-17-4-9-22(21(28)14-17)30-24-20-15-29-11-10-23(20)33(25(24)26(35)31-37-13-12-34)16-18-5-7-19(8-6-18)27(36)32(2)3;1-2/h4-11,14-15,30,34H,12-13,16H2,1-3H3,(H,31,35);1-2H3. The van der Waals surface area contributed by atoms with Gasteiger partial charge in [-0.25, -0.2) is 9.87 Å². The van der Waals surface area contributed by atoms with Crippen LogP contribution in [-0.2, 0) is 11.4 Å². The van der Waals surface area contributed by atoms with Gasteiger partial charge in [0.05, 0.1) is 30.1 Å². The molecule has 4 aromatic rings. The third kappa shape index (κ3) is 6.78. The quantitative estimate of drug-likeness (QED) is 0.213. The van der Waals surface area contributed by atoms with Crippen LogP contribution in [0.5, 0.6) is 0 Å². The summed E-state index contributed by atoms with van der Waals surface area (Å²) in [5.74, 6) is -1.16. The fourth-order valence-corrected chi connectivity index (χ4v) is 3.99. The normalized spacial score (nSPS) is 10.5. The summed E-state index contributed by atoms with van der Waals surface area (Å²) < 4.78 is 16.5. The molecule has 0 aliphatic carbocycles. The number of hydrogen-bond acceptors (Lipinski definition) is 6. The monoisotopic (exact) mass is 535 g/mol. The van der Waals surface area contributed by atoms with Gasteiger partial charge in [-0.3, -0.25) is 19.4 Å². The molecule has 0 saturated carbocycles. The molecule has 0 aliphatic rings. The molecule has 39 heavy (non-hydrogen) atoms. The van der Waals surface area contributed by atoms with E-state index in [1.807, 2.05) is 26.0 Å². The van der Waals surface area contributed by atoms with Gasteiger partial charge in [0.15, 0.2) is 0 Å². The largest absolute Gasteiger partial charge is 0.394 e. The molecular weight excluding hydrogens is 501 g/mol. The topological polar surface area (TPSA) is 109 Å². The van der Waals surface area contributed by atoms with Crippen molar-refractivity contribution in [1.29, 1.82) is 0 Å². The molecule has 0 fully saturated rings. The Labute approximate surface area is 227 Å². The van der Waals surface area contributed by atoms with Crippen molar-refractivity contribution in [3.8, 4) is 0 Å². The van der Waals surface area contributed by atoms with Gasteiger partial charge in [0.2, 0.25) is 0 Å². The molecule has 0 spiro atoms. The van der Waals surface area contributed by atoms with Crippen molar-refractivity contribution in [2.45, 2.75) is 27.3 Å². The van der Waals surface area contributed by atoms with Crippen molar-refractivity contribution in [2.24, 2.45) is 0 Å². The van der Waals surface area contributed by atoms with Crippen molar-refractivity contribution in [3.63, 3.8) is 0 Å². The molecule has 10 heteroatoms. The number of nitrogens with zero attached hydrogens (tertiary/aromatic N) is 3. The number of hydroxylamine groups is 1. The van der Waals surface area contributed by atoms with E-state index in [0.717, 1.165) is 11.1 Å². The minimum atomic E-state index is -0.584. The van der Waals surface area contributed by atoms with Crippen molar-refractivity contribution >= 4 is 34.1 Å². The molecule has 4 rings (SSSR count). The lowest BCUT2D eigenvalue weighted by Gasteiger charge is -2.15. The van der Waals surface area contributed by atoms with Gasteiger partial charge in [0, 0.05) is 44.0 Å². The molecule has 0 saturated heterocycles. The summed E-state index contributed by atoms with van der Waals surface area (Å²) in [5.41, 5.74) is 5.92. The molecule has 0 aliphatic heterocycles. The number of aliphatic hydroxyl groups excluding tert-OH is 1. The van der Waals surface area contributed by atoms with Gasteiger partial charge < -0.3 is 19.9 Å². The smallest absolute Gasteiger partial charge is 0.293 e. The maximum atomic E-state index is 14.8. The summed E-state index contributed by atoms with van der Waals surface area (Å²) in [4.78, 5) is 36.4. The first kappa shape index (κ1) is 29.3. The Balaban J connectivity index is 0.00000205. The zero-order chi connectivity index (χ0) is 28.5. The molecule has 0 unspecified atom stereocenters. The Morgan fingerprint density at radius 1 is 1.10 bits per heavy atom. The van der Waals surface area contributed by atoms with E-state index in [1.54, 1.807) is 68.3 Å². The van der Waals surface area contributed by atoms with Gasteiger partial charge in [0.1, 0.15) is 11.5 Å². The van der Waals surface area contributed by atoms with Crippen LogP contribution in [0.3, 0.4) is 0 Å². The fraction of sp³-hybridized carbons (Fsp3) is 0.276. The van der Waals surface area contributed by atoms with Crippen LogP contribution in [0.15, 0.2) is 60.9 Å². The molecule has 0 radical (unpaired) electrons. The first-order valence-corrected chi connectivity index (χ1v) is 12.6. The van der Waals surface area contributed by atoms with Gasteiger partial charge in [0.25, 0.3) is 11.8 Å². The maximum absolute atomic E-state index is 14.8. The molecule has 2 aromatic heterocycles. The second kappa shape index (κ2) is 13.5. The molecule has 2 amide bonds. The van der Waals surface area contributed by atoms with E-state index in [0.29, 0.717) is 22.2 Å². The predicted molar refractivity (Wildman–Crippen MR) is 150 cm³/mol. The van der Waals surface area contributed by atoms with Crippen LogP contribution in [0, 0.1) is 12.7 Å². The number of halogens is 1. The molecule has 9 nitrogen and oxygen atoms in total. The second-order valence-corrected chi connectivity index (χ2v) is 8.71. The van der Waals surface area contributed by atoms with E-state index < -0.39 is 11.7 Å². The van der Waals surface area contributed by atoms with Gasteiger partial charge in [-0.05, 0) is 48.4 Å². The zero-order valence-corrected chi connectivity index (χ0v) is 22.8. The minimum Gasteiger partial charge on any atom is -0.394 e. The number of carbonyl (C=O) groups excluding carboxylic acids is 2. The number of aliphatic hydroxyl groups is 1. The van der Waals surface area contributed by atoms with Crippen LogP contribution in [0.25, 0.3) is 10.9 Å². The van der Waals surface area contributed by atoms with Crippen LogP contribution in [0.1, 0.15) is 45.8 Å². The number of hydrogen-bond donors (Lipinski definition) is 3. The number of pyridine rings is 1. The lowest BCUT2D eigenvalue weighted by Crippen LogP contribution is -2.28. The molecule has 3 N–H and O–H groups in total. The summed E-state index contributed by atoms with van der Waals surface area (Å²) in [5, 5.41) is 12.7. The molecular formula is C29H34FN5O4. The third-order valence-corrected chi connectivity index (χ3v) is 5.77. The van der Waals surface area contributed by atoms with Crippen LogP contribution in [0.4, 0.5) is 15.8 Å². The summed E-state index contributed by atoms with van der Waals surface area (Å²) in [6.45, 7) is 5.70. The van der Waals surface area contributed by atoms with Crippen molar-refractivity contribution in [2.75, 3.05) is 32.6 Å². The SMILES string of the molecule is CC.Cc1ccc(Nc2c(C(=O)NOCCO)n(Cc3ccc(C(=O)N(C)C)cc3)c3ccncc23)c(F)c1. The maximum Gasteiger partial charge on any atom is 0.293 e. The molecule has 2 aromatic carbocycles. The van der Waals surface area contributed by atoms with E-state index in [1.165, 1.54) is 11.0 Å². The van der Waals surface area contributed by atoms with Crippen LogP contribution in [0.2, 0.25) is 0 Å². The first-order valence-electron chi connectivity index (χ1n) is 12.6. The number of amides is 2. The van der Waals surface area contributed by atoms with Gasteiger partial charge in [-0.15, -0.1) is 0 Å². The van der Waals surface area contributed by atoms with Crippen molar-refractivity contribution in [1.82, 2.24) is 19.9 Å². The number of carbonyl (C=O) groups is 2. The first-order chi connectivity index (χ1) is 18.8. The van der Waals surface area contributed by atoms with Crippen molar-refractivity contribution in [3.05, 3.63) is 89.1 Å². The highest BCUT2D eigenvalue weighted by molar-refractivity contribution is 6.09. The van der Waals surface area contributed by atoms with Gasteiger partial charge in [-0.2, -0.15) is 0 Å². The van der Waals surface area contributed by atoms with E-state index in [9.17, 15) is 14.0 Å². The number of benzene rings is 2. The highest BCUT2D eigenvalue weighted by atomic mass is 19.1. The number of anilines is 2. The Bertz CT molecular complexity index is 1430. The van der Waals surface area contributed by atoms with Crippen LogP contribution < -0.4 is 10.8 Å². The Kier molecular flexibility index (Phi) is 10.1. The van der Waals surface area contributed by atoms with Gasteiger partial charge in [-0.1, -0.05) is 32.0 Å². The average Bonchev–Trinajstić information content (AvgIpc) is 3.24. The Morgan fingerprint density at radius 3 is 2.46 bits per heavy atom. The number of aromatic nitrogens is 2. The molecule has 2 heterocycles. The second-order valence-electron chi connectivity index (χ2n) is 8.71. The summed E-state index contributed by atoms with van der Waals surface area (Å²) >= 11 is 0. The van der Waals surface area contributed by atoms with E-state index in [4.69, 9.17) is 9.94 Å². The van der Waals surface area contributed by atoms with E-state index in [-0.39, 0.29) is 37.0 Å². The highest BCUT2D eigenvalue weighted by Gasteiger charge is 2.24. The number of fused-ring (bicyclic) bond motifs is 1. The molecule has 0 atom stereocenters. The number of rotatable bonds is 9. The number of nitrogens with one attached hydrogen (secondary N) is 2. The summed E-state index contributed by atoms with van der Waals surface area (Å²) in [6, 6.07) is 13.6. The Hall–Kier alpha value is -4.28. The zero-order valence-electron chi connectivity index (χ0n) is 22.8. The molecule has 206 valence electrons. The third-order valence-electron chi connectivity index (χ3n) is 5.77. The van der Waals surface area contributed by atoms with E-state index >= 15 is 0 Å². The minimum absolute atomic E-state index is 0.0930. The summed E-state index contributed by atoms with van der Waals surface area (Å²) in [6.07, 6.45) is 3.21. The average molecular weight is 536 g/mol. The van der Waals surface area contributed by atoms with Crippen molar-refractivity contribution < 1.29 is 23.9 Å².